The fraction of sp³-hybridized carbons (Fsp3) is 0.524. The van der Waals surface area contributed by atoms with Gasteiger partial charge in [0.2, 0.25) is 0 Å². The van der Waals surface area contributed by atoms with Gasteiger partial charge in [0, 0.05) is 45.8 Å². The number of hydrogen-bond acceptors (Lipinski definition) is 4. The first-order valence-electron chi connectivity index (χ1n) is 9.74. The van der Waals surface area contributed by atoms with Crippen molar-refractivity contribution in [2.75, 3.05) is 33.2 Å². The third-order valence-corrected chi connectivity index (χ3v) is 4.96. The Morgan fingerprint density at radius 2 is 2.00 bits per heavy atom. The summed E-state index contributed by atoms with van der Waals surface area (Å²) < 4.78 is 5.41. The minimum Gasteiger partial charge on any atom is -0.359 e. The van der Waals surface area contributed by atoms with Crippen molar-refractivity contribution >= 4 is 5.96 Å². The first-order chi connectivity index (χ1) is 13.0. The van der Waals surface area contributed by atoms with Crippen LogP contribution in [0, 0.1) is 6.92 Å². The van der Waals surface area contributed by atoms with Crippen molar-refractivity contribution in [3.8, 4) is 0 Å². The monoisotopic (exact) mass is 369 g/mol. The number of aromatic nitrogens is 1. The maximum Gasteiger partial charge on any atom is 0.194 e. The van der Waals surface area contributed by atoms with Gasteiger partial charge in [-0.15, -0.1) is 0 Å². The average Bonchev–Trinajstić information content (AvgIpc) is 3.13. The third kappa shape index (κ3) is 5.32. The first-order valence-corrected chi connectivity index (χ1v) is 9.74. The number of nitrogens with zero attached hydrogens (tertiary/aromatic N) is 4. The number of guanidine groups is 1. The minimum absolute atomic E-state index is 0.378. The Labute approximate surface area is 162 Å². The van der Waals surface area contributed by atoms with Gasteiger partial charge in [-0.05, 0) is 18.4 Å². The molecule has 146 valence electrons. The van der Waals surface area contributed by atoms with Crippen LogP contribution in [0.3, 0.4) is 0 Å². The van der Waals surface area contributed by atoms with Crippen LogP contribution in [-0.4, -0.2) is 54.1 Å². The zero-order chi connectivity index (χ0) is 19.2. The highest BCUT2D eigenvalue weighted by molar-refractivity contribution is 5.79. The molecule has 1 saturated heterocycles. The quantitative estimate of drug-likeness (QED) is 0.649. The van der Waals surface area contributed by atoms with Gasteiger partial charge in [-0.2, -0.15) is 0 Å². The van der Waals surface area contributed by atoms with E-state index in [1.54, 1.807) is 0 Å². The summed E-state index contributed by atoms with van der Waals surface area (Å²) in [6.07, 6.45) is 0. The number of nitrogens with one attached hydrogen (secondary N) is 1. The molecule has 1 aliphatic rings. The lowest BCUT2D eigenvalue weighted by Crippen LogP contribution is -2.52. The Morgan fingerprint density at radius 3 is 2.63 bits per heavy atom. The van der Waals surface area contributed by atoms with Gasteiger partial charge in [0.25, 0.3) is 0 Å². The van der Waals surface area contributed by atoms with E-state index in [4.69, 9.17) is 4.52 Å². The molecular formula is C21H31N5O. The highest BCUT2D eigenvalue weighted by atomic mass is 16.5. The predicted octanol–water partition coefficient (Wildman–Crippen LogP) is 3.00. The maximum atomic E-state index is 5.41. The molecular weight excluding hydrogens is 338 g/mol. The fourth-order valence-electron chi connectivity index (χ4n) is 3.37. The largest absolute Gasteiger partial charge is 0.359 e. The molecule has 0 amide bonds. The van der Waals surface area contributed by atoms with Gasteiger partial charge in [-0.3, -0.25) is 9.89 Å². The first kappa shape index (κ1) is 19.4. The van der Waals surface area contributed by atoms with Crippen molar-refractivity contribution in [3.05, 3.63) is 52.9 Å². The third-order valence-electron chi connectivity index (χ3n) is 4.96. The van der Waals surface area contributed by atoms with E-state index >= 15 is 0 Å². The molecule has 1 N–H and O–H groups in total. The normalized spacial score (nSPS) is 16.2. The SMILES string of the molecule is CN=C(NCc1cc(C(C)C)no1)N1CCN(Cc2cccc(C)c2)CC1. The highest BCUT2D eigenvalue weighted by Gasteiger charge is 2.20. The summed E-state index contributed by atoms with van der Waals surface area (Å²) in [7, 11) is 1.83. The Balaban J connectivity index is 1.48. The lowest BCUT2D eigenvalue weighted by Gasteiger charge is -2.36. The Morgan fingerprint density at radius 1 is 1.22 bits per heavy atom. The molecule has 6 heteroatoms. The molecule has 0 spiro atoms. The van der Waals surface area contributed by atoms with E-state index in [0.29, 0.717) is 12.5 Å². The molecule has 1 aromatic heterocycles. The van der Waals surface area contributed by atoms with Crippen LogP contribution in [0.25, 0.3) is 0 Å². The molecule has 2 heterocycles. The highest BCUT2D eigenvalue weighted by Crippen LogP contribution is 2.14. The predicted molar refractivity (Wildman–Crippen MR) is 109 cm³/mol. The second kappa shape index (κ2) is 9.04. The van der Waals surface area contributed by atoms with E-state index in [-0.39, 0.29) is 0 Å². The number of aryl methyl sites for hydroxylation is 1. The Hall–Kier alpha value is -2.34. The van der Waals surface area contributed by atoms with Crippen molar-refractivity contribution in [2.24, 2.45) is 4.99 Å². The van der Waals surface area contributed by atoms with E-state index in [9.17, 15) is 0 Å². The van der Waals surface area contributed by atoms with Crippen LogP contribution in [0.15, 0.2) is 39.8 Å². The van der Waals surface area contributed by atoms with Crippen molar-refractivity contribution in [2.45, 2.75) is 39.8 Å². The van der Waals surface area contributed by atoms with Gasteiger partial charge in [-0.1, -0.05) is 48.8 Å². The smallest absolute Gasteiger partial charge is 0.194 e. The standard InChI is InChI=1S/C21H31N5O/c1-16(2)20-13-19(27-24-20)14-23-21(22-4)26-10-8-25(9-11-26)15-18-7-5-6-17(3)12-18/h5-7,12-13,16H,8-11,14-15H2,1-4H3,(H,22,23). The Bertz CT molecular complexity index is 759. The van der Waals surface area contributed by atoms with Crippen molar-refractivity contribution in [1.29, 1.82) is 0 Å². The number of aliphatic imine (C=N–C) groups is 1. The zero-order valence-corrected chi connectivity index (χ0v) is 16.9. The fourth-order valence-corrected chi connectivity index (χ4v) is 3.37. The van der Waals surface area contributed by atoms with E-state index in [1.807, 2.05) is 13.1 Å². The summed E-state index contributed by atoms with van der Waals surface area (Å²) in [6, 6.07) is 10.8. The molecule has 0 saturated carbocycles. The van der Waals surface area contributed by atoms with E-state index in [2.05, 4.69) is 70.3 Å². The van der Waals surface area contributed by atoms with E-state index < -0.39 is 0 Å². The van der Waals surface area contributed by atoms with Crippen LogP contribution in [0.4, 0.5) is 0 Å². The summed E-state index contributed by atoms with van der Waals surface area (Å²) in [4.78, 5) is 9.26. The molecule has 1 aliphatic heterocycles. The maximum absolute atomic E-state index is 5.41. The molecule has 0 bridgehead atoms. The molecule has 0 radical (unpaired) electrons. The minimum atomic E-state index is 0.378. The topological polar surface area (TPSA) is 56.9 Å². The van der Waals surface area contributed by atoms with Gasteiger partial charge < -0.3 is 14.7 Å². The van der Waals surface area contributed by atoms with Crippen LogP contribution in [0.5, 0.6) is 0 Å². The van der Waals surface area contributed by atoms with E-state index in [1.165, 1.54) is 11.1 Å². The van der Waals surface area contributed by atoms with Crippen LogP contribution in [0.2, 0.25) is 0 Å². The van der Waals surface area contributed by atoms with Crippen LogP contribution < -0.4 is 5.32 Å². The number of piperazine rings is 1. The number of hydrogen-bond donors (Lipinski definition) is 1. The van der Waals surface area contributed by atoms with Gasteiger partial charge in [0.1, 0.15) is 0 Å². The van der Waals surface area contributed by atoms with Crippen LogP contribution in [-0.2, 0) is 13.1 Å². The second-order valence-electron chi connectivity index (χ2n) is 7.53. The van der Waals surface area contributed by atoms with Gasteiger partial charge in [-0.25, -0.2) is 0 Å². The number of rotatable bonds is 5. The summed E-state index contributed by atoms with van der Waals surface area (Å²) in [5, 5.41) is 7.52. The van der Waals surface area contributed by atoms with Crippen molar-refractivity contribution in [3.63, 3.8) is 0 Å². The van der Waals surface area contributed by atoms with Gasteiger partial charge >= 0.3 is 0 Å². The molecule has 0 atom stereocenters. The van der Waals surface area contributed by atoms with Crippen LogP contribution >= 0.6 is 0 Å². The van der Waals surface area contributed by atoms with Crippen LogP contribution in [0.1, 0.15) is 42.3 Å². The molecule has 27 heavy (non-hydrogen) atoms. The molecule has 3 rings (SSSR count). The summed E-state index contributed by atoms with van der Waals surface area (Å²) in [6.45, 7) is 12.0. The molecule has 1 fully saturated rings. The molecule has 0 aliphatic carbocycles. The average molecular weight is 370 g/mol. The van der Waals surface area contributed by atoms with Gasteiger partial charge in [0.05, 0.1) is 12.2 Å². The summed E-state index contributed by atoms with van der Waals surface area (Å²) in [5.41, 5.74) is 3.70. The van der Waals surface area contributed by atoms with Crippen molar-refractivity contribution in [1.82, 2.24) is 20.3 Å². The van der Waals surface area contributed by atoms with Gasteiger partial charge in [0.15, 0.2) is 11.7 Å². The molecule has 2 aromatic rings. The molecule has 1 aromatic carbocycles. The summed E-state index contributed by atoms with van der Waals surface area (Å²) in [5.74, 6) is 2.15. The summed E-state index contributed by atoms with van der Waals surface area (Å²) >= 11 is 0. The molecule has 6 nitrogen and oxygen atoms in total. The lowest BCUT2D eigenvalue weighted by atomic mass is 10.1. The lowest BCUT2D eigenvalue weighted by molar-refractivity contribution is 0.172. The molecule has 0 unspecified atom stereocenters. The second-order valence-corrected chi connectivity index (χ2v) is 7.53. The van der Waals surface area contributed by atoms with Crippen molar-refractivity contribution < 1.29 is 4.52 Å². The Kier molecular flexibility index (Phi) is 6.50. The zero-order valence-electron chi connectivity index (χ0n) is 16.9. The number of benzene rings is 1. The van der Waals surface area contributed by atoms with E-state index in [0.717, 1.165) is 50.1 Å².